The third kappa shape index (κ3) is 4.11. The van der Waals surface area contributed by atoms with Gasteiger partial charge in [0.25, 0.3) is 5.91 Å². The smallest absolute Gasteiger partial charge is 0.255 e. The first-order valence-electron chi connectivity index (χ1n) is 9.63. The van der Waals surface area contributed by atoms with Crippen molar-refractivity contribution in [2.75, 3.05) is 33.3 Å². The minimum absolute atomic E-state index is 0.0884. The number of ether oxygens (including phenoxy) is 1. The van der Waals surface area contributed by atoms with Gasteiger partial charge in [-0.05, 0) is 55.5 Å². The van der Waals surface area contributed by atoms with Crippen molar-refractivity contribution in [3.05, 3.63) is 54.0 Å². The fourth-order valence-corrected chi connectivity index (χ4v) is 4.29. The van der Waals surface area contributed by atoms with Gasteiger partial charge in [0.05, 0.1) is 12.7 Å². The van der Waals surface area contributed by atoms with E-state index in [2.05, 4.69) is 20.9 Å². The molecule has 4 heterocycles. The van der Waals surface area contributed by atoms with Gasteiger partial charge >= 0.3 is 0 Å². The van der Waals surface area contributed by atoms with E-state index in [1.807, 2.05) is 23.4 Å². The zero-order chi connectivity index (χ0) is 18.6. The van der Waals surface area contributed by atoms with E-state index in [4.69, 9.17) is 4.74 Å². The summed E-state index contributed by atoms with van der Waals surface area (Å²) >= 11 is 0. The number of likely N-dealkylation sites (tertiary alicyclic amines) is 2. The molecule has 0 unspecified atom stereocenters. The summed E-state index contributed by atoms with van der Waals surface area (Å²) in [7, 11) is 1.58. The second kappa shape index (κ2) is 8.05. The molecule has 0 aromatic carbocycles. The topological polar surface area (TPSA) is 58.6 Å². The van der Waals surface area contributed by atoms with Gasteiger partial charge in [-0.1, -0.05) is 6.07 Å². The minimum Gasteiger partial charge on any atom is -0.481 e. The van der Waals surface area contributed by atoms with Crippen molar-refractivity contribution in [1.82, 2.24) is 19.8 Å². The van der Waals surface area contributed by atoms with Crippen LogP contribution in [-0.2, 0) is 6.54 Å². The Morgan fingerprint density at radius 3 is 2.52 bits per heavy atom. The van der Waals surface area contributed by atoms with Crippen molar-refractivity contribution in [2.45, 2.75) is 19.4 Å². The summed E-state index contributed by atoms with van der Waals surface area (Å²) in [5.41, 5.74) is 1.92. The molecule has 4 rings (SSSR count). The van der Waals surface area contributed by atoms with Crippen LogP contribution in [0.2, 0.25) is 0 Å². The molecule has 142 valence electrons. The lowest BCUT2D eigenvalue weighted by atomic mass is 9.92. The van der Waals surface area contributed by atoms with Crippen molar-refractivity contribution < 1.29 is 9.53 Å². The van der Waals surface area contributed by atoms with E-state index in [9.17, 15) is 4.79 Å². The lowest BCUT2D eigenvalue weighted by Crippen LogP contribution is -2.31. The third-order valence-electron chi connectivity index (χ3n) is 5.82. The molecule has 0 aliphatic carbocycles. The fourth-order valence-electron chi connectivity index (χ4n) is 4.29. The molecular formula is C21H26N4O2. The van der Waals surface area contributed by atoms with Crippen molar-refractivity contribution in [2.24, 2.45) is 11.8 Å². The van der Waals surface area contributed by atoms with E-state index in [0.717, 1.165) is 45.6 Å². The Morgan fingerprint density at radius 2 is 1.93 bits per heavy atom. The molecule has 1 amide bonds. The highest BCUT2D eigenvalue weighted by molar-refractivity contribution is 5.94. The van der Waals surface area contributed by atoms with Crippen LogP contribution in [0, 0.1) is 11.8 Å². The van der Waals surface area contributed by atoms with Crippen LogP contribution in [0.25, 0.3) is 0 Å². The number of nitrogens with zero attached hydrogens (tertiary/aromatic N) is 4. The number of rotatable bonds is 4. The van der Waals surface area contributed by atoms with E-state index in [0.29, 0.717) is 23.3 Å². The average Bonchev–Trinajstić information content (AvgIpc) is 3.04. The molecule has 0 N–H and O–H groups in total. The molecule has 2 aromatic rings. The predicted molar refractivity (Wildman–Crippen MR) is 102 cm³/mol. The van der Waals surface area contributed by atoms with Gasteiger partial charge in [0, 0.05) is 44.3 Å². The summed E-state index contributed by atoms with van der Waals surface area (Å²) in [6.07, 6.45) is 7.69. The lowest BCUT2D eigenvalue weighted by molar-refractivity contribution is 0.0779. The van der Waals surface area contributed by atoms with Gasteiger partial charge in [-0.25, -0.2) is 4.98 Å². The lowest BCUT2D eigenvalue weighted by Gasteiger charge is -2.22. The molecule has 0 radical (unpaired) electrons. The van der Waals surface area contributed by atoms with Crippen molar-refractivity contribution in [3.8, 4) is 5.88 Å². The molecular weight excluding hydrogens is 340 g/mol. The van der Waals surface area contributed by atoms with Gasteiger partial charge in [0.2, 0.25) is 5.88 Å². The molecule has 2 saturated heterocycles. The highest BCUT2D eigenvalue weighted by Gasteiger charge is 2.37. The maximum Gasteiger partial charge on any atom is 0.255 e. The number of amides is 1. The van der Waals surface area contributed by atoms with Gasteiger partial charge in [-0.2, -0.15) is 0 Å². The van der Waals surface area contributed by atoms with Gasteiger partial charge in [-0.15, -0.1) is 0 Å². The first kappa shape index (κ1) is 17.9. The molecule has 2 aliphatic heterocycles. The Hall–Kier alpha value is -2.47. The Kier molecular flexibility index (Phi) is 5.34. The van der Waals surface area contributed by atoms with Crippen LogP contribution in [0.3, 0.4) is 0 Å². The van der Waals surface area contributed by atoms with Crippen LogP contribution < -0.4 is 4.74 Å². The number of methoxy groups -OCH3 is 1. The maximum atomic E-state index is 12.8. The van der Waals surface area contributed by atoms with E-state index in [1.54, 1.807) is 25.4 Å². The number of hydrogen-bond donors (Lipinski definition) is 0. The van der Waals surface area contributed by atoms with E-state index in [1.165, 1.54) is 5.56 Å². The fraction of sp³-hybridized carbons (Fsp3) is 0.476. The largest absolute Gasteiger partial charge is 0.481 e. The Labute approximate surface area is 160 Å². The molecule has 27 heavy (non-hydrogen) atoms. The van der Waals surface area contributed by atoms with Crippen LogP contribution in [0.15, 0.2) is 42.9 Å². The maximum absolute atomic E-state index is 12.8. The molecule has 0 spiro atoms. The van der Waals surface area contributed by atoms with Gasteiger partial charge < -0.3 is 9.64 Å². The zero-order valence-corrected chi connectivity index (χ0v) is 15.8. The van der Waals surface area contributed by atoms with Crippen LogP contribution in [0.4, 0.5) is 0 Å². The summed E-state index contributed by atoms with van der Waals surface area (Å²) in [5, 5.41) is 0. The number of aromatic nitrogens is 2. The Bertz CT molecular complexity index is 750. The standard InChI is InChI=1S/C21H26N4O2/c1-27-20-5-4-17(12-23-20)21(26)25-14-18-6-9-24(10-7-19(18)15-25)13-16-3-2-8-22-11-16/h2-5,8,11-12,18-19H,6-7,9-10,13-15H2,1H3/t18-,19+. The molecule has 0 saturated carbocycles. The van der Waals surface area contributed by atoms with Crippen LogP contribution in [0.1, 0.15) is 28.8 Å². The van der Waals surface area contributed by atoms with Gasteiger partial charge in [0.15, 0.2) is 0 Å². The third-order valence-corrected chi connectivity index (χ3v) is 5.82. The molecule has 2 aliphatic rings. The van der Waals surface area contributed by atoms with Crippen LogP contribution in [-0.4, -0.2) is 59.0 Å². The quantitative estimate of drug-likeness (QED) is 0.832. The minimum atomic E-state index is 0.0884. The normalized spacial score (nSPS) is 22.9. The van der Waals surface area contributed by atoms with Crippen LogP contribution in [0.5, 0.6) is 5.88 Å². The Balaban J connectivity index is 1.34. The number of hydrogen-bond acceptors (Lipinski definition) is 5. The number of carbonyl (C=O) groups is 1. The summed E-state index contributed by atoms with van der Waals surface area (Å²) < 4.78 is 5.07. The Morgan fingerprint density at radius 1 is 1.15 bits per heavy atom. The van der Waals surface area contributed by atoms with Crippen molar-refractivity contribution >= 4 is 5.91 Å². The first-order valence-corrected chi connectivity index (χ1v) is 9.63. The summed E-state index contributed by atoms with van der Waals surface area (Å²) in [4.78, 5) is 25.7. The second-order valence-corrected chi connectivity index (χ2v) is 7.53. The SMILES string of the molecule is COc1ccc(C(=O)N2C[C@H]3CCN(Cc4cccnc4)CC[C@H]3C2)cn1. The monoisotopic (exact) mass is 366 g/mol. The number of carbonyl (C=O) groups excluding carboxylic acids is 1. The molecule has 6 nitrogen and oxygen atoms in total. The highest BCUT2D eigenvalue weighted by atomic mass is 16.5. The summed E-state index contributed by atoms with van der Waals surface area (Å²) in [6.45, 7) is 4.85. The summed E-state index contributed by atoms with van der Waals surface area (Å²) in [5.74, 6) is 1.82. The predicted octanol–water partition coefficient (Wildman–Crippen LogP) is 2.47. The molecule has 2 fully saturated rings. The van der Waals surface area contributed by atoms with Gasteiger partial charge in [-0.3, -0.25) is 14.7 Å². The van der Waals surface area contributed by atoms with E-state index < -0.39 is 0 Å². The van der Waals surface area contributed by atoms with Crippen molar-refractivity contribution in [3.63, 3.8) is 0 Å². The van der Waals surface area contributed by atoms with Crippen LogP contribution >= 0.6 is 0 Å². The zero-order valence-electron chi connectivity index (χ0n) is 15.8. The van der Waals surface area contributed by atoms with Gasteiger partial charge in [0.1, 0.15) is 0 Å². The van der Waals surface area contributed by atoms with E-state index in [-0.39, 0.29) is 5.91 Å². The molecule has 2 aromatic heterocycles. The summed E-state index contributed by atoms with van der Waals surface area (Å²) in [6, 6.07) is 7.69. The first-order chi connectivity index (χ1) is 13.2. The van der Waals surface area contributed by atoms with E-state index >= 15 is 0 Å². The highest BCUT2D eigenvalue weighted by Crippen LogP contribution is 2.33. The average molecular weight is 366 g/mol. The number of fused-ring (bicyclic) bond motifs is 1. The molecule has 2 atom stereocenters. The molecule has 6 heteroatoms. The van der Waals surface area contributed by atoms with Crippen molar-refractivity contribution in [1.29, 1.82) is 0 Å². The second-order valence-electron chi connectivity index (χ2n) is 7.53. The number of pyridine rings is 2. The molecule has 0 bridgehead atoms.